The lowest BCUT2D eigenvalue weighted by molar-refractivity contribution is 0.0955. The zero-order valence-corrected chi connectivity index (χ0v) is 16.3. The number of hydrogen-bond acceptors (Lipinski definition) is 4. The Bertz CT molecular complexity index is 1170. The Labute approximate surface area is 167 Å². The highest BCUT2D eigenvalue weighted by molar-refractivity contribution is 9.10. The Balaban J connectivity index is 1.97. The van der Waals surface area contributed by atoms with E-state index in [1.54, 1.807) is 24.3 Å². The Morgan fingerprint density at radius 2 is 1.26 bits per heavy atom. The minimum absolute atomic E-state index is 0.0966. The molecule has 2 aromatic rings. The van der Waals surface area contributed by atoms with Crippen molar-refractivity contribution in [1.29, 1.82) is 0 Å². The zero-order chi connectivity index (χ0) is 19.5. The highest BCUT2D eigenvalue weighted by Crippen LogP contribution is 2.38. The van der Waals surface area contributed by atoms with Crippen LogP contribution in [0.1, 0.15) is 48.4 Å². The van der Waals surface area contributed by atoms with Gasteiger partial charge in [0.05, 0.1) is 5.57 Å². The average molecular weight is 442 g/mol. The maximum absolute atomic E-state index is 13.1. The fourth-order valence-electron chi connectivity index (χ4n) is 3.39. The molecule has 6 heteroatoms. The summed E-state index contributed by atoms with van der Waals surface area (Å²) in [5, 5.41) is -0.338. The van der Waals surface area contributed by atoms with Gasteiger partial charge < -0.3 is 0 Å². The quantitative estimate of drug-likeness (QED) is 0.642. The van der Waals surface area contributed by atoms with Gasteiger partial charge in [0.1, 0.15) is 5.03 Å². The average Bonchev–Trinajstić information content (AvgIpc) is 2.67. The highest BCUT2D eigenvalue weighted by atomic mass is 79.9. The van der Waals surface area contributed by atoms with Crippen LogP contribution in [0.2, 0.25) is 0 Å². The molecule has 0 heterocycles. The molecular weight excluding hydrogens is 432 g/mol. The number of ketones is 4. The van der Waals surface area contributed by atoms with Gasteiger partial charge in [0.15, 0.2) is 17.3 Å². The second kappa shape index (κ2) is 6.22. The zero-order valence-electron chi connectivity index (χ0n) is 13.9. The molecule has 4 nitrogen and oxygen atoms in total. The van der Waals surface area contributed by atoms with E-state index in [2.05, 4.69) is 15.9 Å². The Morgan fingerprint density at radius 3 is 1.93 bits per heavy atom. The Kier molecular flexibility index (Phi) is 4.09. The molecule has 2 aromatic carbocycles. The van der Waals surface area contributed by atoms with Crippen molar-refractivity contribution >= 4 is 50.7 Å². The third-order valence-corrected chi connectivity index (χ3v) is 5.58. The van der Waals surface area contributed by atoms with Gasteiger partial charge in [-0.05, 0) is 25.1 Å². The second-order valence-electron chi connectivity index (χ2n) is 6.24. The molecule has 0 saturated heterocycles. The lowest BCUT2D eigenvalue weighted by Crippen LogP contribution is -2.28. The molecule has 0 unspecified atom stereocenters. The predicted molar refractivity (Wildman–Crippen MR) is 103 cm³/mol. The van der Waals surface area contributed by atoms with Crippen LogP contribution in [-0.2, 0) is 0 Å². The number of hydrogen-bond donors (Lipinski definition) is 0. The van der Waals surface area contributed by atoms with Crippen LogP contribution in [-0.4, -0.2) is 23.1 Å². The normalized spacial score (nSPS) is 16.7. The minimum Gasteiger partial charge on any atom is -0.289 e. The maximum Gasteiger partial charge on any atom is 0.205 e. The van der Waals surface area contributed by atoms with Crippen molar-refractivity contribution in [2.24, 2.45) is 0 Å². The van der Waals surface area contributed by atoms with Crippen LogP contribution in [0.4, 0.5) is 0 Å². The molecule has 132 valence electrons. The molecule has 0 saturated carbocycles. The van der Waals surface area contributed by atoms with Gasteiger partial charge in [0.2, 0.25) is 5.78 Å². The van der Waals surface area contributed by atoms with Gasteiger partial charge in [-0.2, -0.15) is 0 Å². The van der Waals surface area contributed by atoms with Crippen molar-refractivity contribution in [1.82, 2.24) is 0 Å². The monoisotopic (exact) mass is 440 g/mol. The molecule has 0 spiro atoms. The summed E-state index contributed by atoms with van der Waals surface area (Å²) in [6, 6.07) is 11.0. The van der Waals surface area contributed by atoms with Crippen LogP contribution in [0.25, 0.3) is 0 Å². The van der Waals surface area contributed by atoms with Crippen LogP contribution < -0.4 is 0 Å². The number of allylic oxidation sites excluding steroid dienone is 4. The fourth-order valence-corrected chi connectivity index (χ4v) is 4.04. The van der Waals surface area contributed by atoms with Crippen molar-refractivity contribution in [2.45, 2.75) is 6.92 Å². The van der Waals surface area contributed by atoms with E-state index in [-0.39, 0.29) is 49.8 Å². The van der Waals surface area contributed by atoms with E-state index in [0.29, 0.717) is 4.47 Å². The standard InChI is InChI=1S/C21H10BrClO4/c1-9-15(19(25)13-7-6-10(22)8-14(13)18(9)24)16-17(23)21(27)12-5-3-2-4-11(12)20(16)26/h2-8H,1H3. The smallest absolute Gasteiger partial charge is 0.205 e. The van der Waals surface area contributed by atoms with Crippen LogP contribution in [0.15, 0.2) is 68.7 Å². The summed E-state index contributed by atoms with van der Waals surface area (Å²) in [5.41, 5.74) is 0.580. The lowest BCUT2D eigenvalue weighted by atomic mass is 9.77. The number of carbonyl (C=O) groups excluding carboxylic acids is 4. The number of carbonyl (C=O) groups is 4. The van der Waals surface area contributed by atoms with Crippen LogP contribution in [0.5, 0.6) is 0 Å². The summed E-state index contributed by atoms with van der Waals surface area (Å²) in [6.45, 7) is 1.47. The molecule has 0 radical (unpaired) electrons. The summed E-state index contributed by atoms with van der Waals surface area (Å²) in [6.07, 6.45) is 0. The van der Waals surface area contributed by atoms with Gasteiger partial charge >= 0.3 is 0 Å². The summed E-state index contributed by atoms with van der Waals surface area (Å²) in [5.74, 6) is -1.95. The summed E-state index contributed by atoms with van der Waals surface area (Å²) in [7, 11) is 0. The minimum atomic E-state index is -0.538. The molecule has 0 amide bonds. The van der Waals surface area contributed by atoms with E-state index in [4.69, 9.17) is 11.6 Å². The van der Waals surface area contributed by atoms with E-state index in [1.165, 1.54) is 25.1 Å². The van der Waals surface area contributed by atoms with Crippen LogP contribution >= 0.6 is 27.5 Å². The Morgan fingerprint density at radius 1 is 0.704 bits per heavy atom. The van der Waals surface area contributed by atoms with E-state index < -0.39 is 17.3 Å². The summed E-state index contributed by atoms with van der Waals surface area (Å²) < 4.78 is 0.661. The predicted octanol–water partition coefficient (Wildman–Crippen LogP) is 4.72. The molecular formula is C21H10BrClO4. The van der Waals surface area contributed by atoms with Gasteiger partial charge in [0, 0.05) is 37.9 Å². The van der Waals surface area contributed by atoms with Gasteiger partial charge in [-0.15, -0.1) is 0 Å². The van der Waals surface area contributed by atoms with Crippen LogP contribution in [0, 0.1) is 0 Å². The molecule has 27 heavy (non-hydrogen) atoms. The molecule has 4 rings (SSSR count). The van der Waals surface area contributed by atoms with Gasteiger partial charge in [0.25, 0.3) is 0 Å². The molecule has 0 bridgehead atoms. The first-order valence-corrected chi connectivity index (χ1v) is 9.18. The Hall–Kier alpha value is -2.63. The molecule has 0 fully saturated rings. The van der Waals surface area contributed by atoms with Crippen LogP contribution in [0.3, 0.4) is 0 Å². The van der Waals surface area contributed by atoms with Gasteiger partial charge in [-0.25, -0.2) is 0 Å². The van der Waals surface area contributed by atoms with Crippen molar-refractivity contribution in [3.8, 4) is 0 Å². The SMILES string of the molecule is CC1=C(C2=C(Cl)C(=O)c3ccccc3C2=O)C(=O)c2ccc(Br)cc2C1=O. The van der Waals surface area contributed by atoms with E-state index in [0.717, 1.165) is 0 Å². The first-order valence-electron chi connectivity index (χ1n) is 8.01. The van der Waals surface area contributed by atoms with Crippen molar-refractivity contribution in [2.75, 3.05) is 0 Å². The van der Waals surface area contributed by atoms with Crippen molar-refractivity contribution in [3.63, 3.8) is 0 Å². The second-order valence-corrected chi connectivity index (χ2v) is 7.53. The molecule has 0 aromatic heterocycles. The van der Waals surface area contributed by atoms with E-state index in [9.17, 15) is 19.2 Å². The molecule has 2 aliphatic carbocycles. The van der Waals surface area contributed by atoms with Gasteiger partial charge in [-0.1, -0.05) is 51.8 Å². The van der Waals surface area contributed by atoms with Gasteiger partial charge in [-0.3, -0.25) is 19.2 Å². The topological polar surface area (TPSA) is 68.3 Å². The third-order valence-electron chi connectivity index (χ3n) is 4.73. The first-order chi connectivity index (χ1) is 12.8. The number of halogens is 2. The molecule has 0 aliphatic heterocycles. The largest absolute Gasteiger partial charge is 0.289 e. The molecule has 0 atom stereocenters. The van der Waals surface area contributed by atoms with E-state index >= 15 is 0 Å². The van der Waals surface area contributed by atoms with E-state index in [1.807, 2.05) is 0 Å². The fraction of sp³-hybridized carbons (Fsp3) is 0.0476. The first kappa shape index (κ1) is 17.8. The summed E-state index contributed by atoms with van der Waals surface area (Å²) in [4.78, 5) is 51.6. The number of Topliss-reactive ketones (excluding diaryl/α,β-unsaturated/α-hetero) is 4. The number of rotatable bonds is 1. The van der Waals surface area contributed by atoms with Crippen molar-refractivity contribution in [3.05, 3.63) is 90.9 Å². The maximum atomic E-state index is 13.1. The van der Waals surface area contributed by atoms with Crippen molar-refractivity contribution < 1.29 is 19.2 Å². The molecule has 2 aliphatic rings. The number of fused-ring (bicyclic) bond motifs is 2. The highest BCUT2D eigenvalue weighted by Gasteiger charge is 2.40. The number of benzene rings is 2. The third kappa shape index (κ3) is 2.50. The summed E-state index contributed by atoms with van der Waals surface area (Å²) >= 11 is 9.51. The lowest BCUT2D eigenvalue weighted by Gasteiger charge is -2.24. The molecule has 0 N–H and O–H groups in total.